The van der Waals surface area contributed by atoms with Crippen LogP contribution in [-0.4, -0.2) is 12.6 Å². The average Bonchev–Trinajstić information content (AvgIpc) is 4.02. The summed E-state index contributed by atoms with van der Waals surface area (Å²) in [7, 11) is -2.12. The third-order valence-electron chi connectivity index (χ3n) is 14.7. The second-order valence-corrected chi connectivity index (χ2v) is 26.4. The molecule has 1 unspecified atom stereocenters. The van der Waals surface area contributed by atoms with Crippen molar-refractivity contribution in [3.63, 3.8) is 0 Å². The summed E-state index contributed by atoms with van der Waals surface area (Å²) in [4.78, 5) is 0. The number of imidazole rings is 1. The predicted molar refractivity (Wildman–Crippen MR) is 276 cm³/mol. The summed E-state index contributed by atoms with van der Waals surface area (Å²) in [6.45, 7) is 21.5. The van der Waals surface area contributed by atoms with E-state index in [1.807, 2.05) is 52.0 Å². The van der Waals surface area contributed by atoms with E-state index in [9.17, 15) is 5.76 Å². The van der Waals surface area contributed by atoms with Gasteiger partial charge >= 0.3 is 11.5 Å². The van der Waals surface area contributed by atoms with Crippen molar-refractivity contribution >= 4 is 46.2 Å². The minimum atomic E-state index is -2.12. The molecule has 12 rings (SSSR count). The smallest absolute Gasteiger partial charge is 0.364 e. The maximum absolute atomic E-state index is 16.4. The molecule has 68 heavy (non-hydrogen) atoms. The summed E-state index contributed by atoms with van der Waals surface area (Å²) in [5.74, 6) is -0.494. The summed E-state index contributed by atoms with van der Waals surface area (Å²) < 4.78 is 55.5. The summed E-state index contributed by atoms with van der Waals surface area (Å²) in [5, 5.41) is 3.15. The van der Waals surface area contributed by atoms with Crippen molar-refractivity contribution in [1.29, 1.82) is 0 Å². The highest BCUT2D eigenvalue weighted by atomic mass is 28.3. The first-order valence-corrected chi connectivity index (χ1v) is 27.2. The molecule has 10 aromatic rings. The molecule has 2 aliphatic heterocycles. The van der Waals surface area contributed by atoms with Gasteiger partial charge in [-0.05, 0) is 119 Å². The third kappa shape index (κ3) is 5.81. The van der Waals surface area contributed by atoms with Gasteiger partial charge in [0.05, 0.1) is 24.8 Å². The van der Waals surface area contributed by atoms with Crippen LogP contribution in [0, 0.1) is 25.5 Å². The van der Waals surface area contributed by atoms with Crippen LogP contribution in [0.2, 0.25) is 19.6 Å². The highest BCUT2D eigenvalue weighted by Gasteiger charge is 2.67. The summed E-state index contributed by atoms with van der Waals surface area (Å²) in [5.41, 5.74) is 15.2. The SMILES string of the molecule is [2H]C(C)(C)c1cc2[n+](cc1[Si](C)(C)C)C1(c3ccccc3-2)c2ccc3c(oc4cc(-c5cc(C)c(F)c(C)c5)ccc43)c2-c2n(-c3c(-c4ccccc4)cccc3C(C)(C)C)c3cc(F)ccc3[n+]21. The van der Waals surface area contributed by atoms with Gasteiger partial charge in [-0.1, -0.05) is 121 Å². The number of benzene rings is 7. The van der Waals surface area contributed by atoms with Crippen molar-refractivity contribution in [2.75, 3.05) is 0 Å². The van der Waals surface area contributed by atoms with Crippen LogP contribution in [0.5, 0.6) is 0 Å². The standard InChI is InChI=1S/C61H55F2N3OSi/c1-35(2)46-33-51-45-19-14-15-21-47(45)61(64(51)34-54(46)68(8,9)10)48-27-26-44-43-25-23-39(40-29-36(3)56(63)37(4)30-40)31-53(43)67-58(44)55(48)59-65(52-32-41(62)24-28-50(52)66(59)61)57-42(38-17-12-11-13-18-38)20-16-22-49(57)60(5,6)7/h11-35H,1-10H3/q+2/i35D. The number of aromatic nitrogens is 3. The van der Waals surface area contributed by atoms with Crippen molar-refractivity contribution in [3.05, 3.63) is 191 Å². The molecule has 7 heteroatoms. The highest BCUT2D eigenvalue weighted by molar-refractivity contribution is 6.89. The lowest BCUT2D eigenvalue weighted by molar-refractivity contribution is -0.944. The molecule has 336 valence electrons. The van der Waals surface area contributed by atoms with E-state index in [0.29, 0.717) is 11.1 Å². The van der Waals surface area contributed by atoms with Crippen LogP contribution >= 0.6 is 0 Å². The van der Waals surface area contributed by atoms with Crippen LogP contribution in [0.3, 0.4) is 0 Å². The molecule has 0 amide bonds. The zero-order chi connectivity index (χ0) is 48.3. The zero-order valence-electron chi connectivity index (χ0n) is 41.4. The highest BCUT2D eigenvalue weighted by Crippen LogP contribution is 2.54. The van der Waals surface area contributed by atoms with Crippen LogP contribution in [-0.2, 0) is 11.1 Å². The lowest BCUT2D eigenvalue weighted by Gasteiger charge is -2.25. The zero-order valence-corrected chi connectivity index (χ0v) is 41.4. The first-order chi connectivity index (χ1) is 32.8. The molecule has 0 saturated carbocycles. The molecule has 3 aromatic heterocycles. The Bertz CT molecular complexity index is 3820. The molecule has 0 bridgehead atoms. The van der Waals surface area contributed by atoms with E-state index in [2.05, 4.69) is 163 Å². The number of aryl methyl sites for hydroxylation is 2. The minimum Gasteiger partial charge on any atom is -0.455 e. The Kier molecular flexibility index (Phi) is 8.81. The van der Waals surface area contributed by atoms with E-state index >= 15 is 4.39 Å². The number of nitrogens with zero attached hydrogens (tertiary/aromatic N) is 3. The van der Waals surface area contributed by atoms with Crippen LogP contribution in [0.25, 0.3) is 83.6 Å². The Labute approximate surface area is 399 Å². The first kappa shape index (κ1) is 41.2. The first-order valence-electron chi connectivity index (χ1n) is 24.2. The van der Waals surface area contributed by atoms with Crippen LogP contribution in [0.15, 0.2) is 150 Å². The summed E-state index contributed by atoms with van der Waals surface area (Å²) >= 11 is 0. The predicted octanol–water partition coefficient (Wildman–Crippen LogP) is 14.6. The minimum absolute atomic E-state index is 0.190. The van der Waals surface area contributed by atoms with Gasteiger partial charge in [-0.2, -0.15) is 4.57 Å². The second kappa shape index (κ2) is 14.5. The number of halogens is 2. The van der Waals surface area contributed by atoms with Gasteiger partial charge in [0.25, 0.3) is 0 Å². The monoisotopic (exact) mass is 912 g/mol. The van der Waals surface area contributed by atoms with Gasteiger partial charge in [0, 0.05) is 40.6 Å². The van der Waals surface area contributed by atoms with E-state index in [-0.39, 0.29) is 17.0 Å². The Morgan fingerprint density at radius 3 is 2.13 bits per heavy atom. The van der Waals surface area contributed by atoms with E-state index in [1.54, 1.807) is 12.1 Å². The number of fused-ring (bicyclic) bond motifs is 16. The maximum atomic E-state index is 16.4. The van der Waals surface area contributed by atoms with E-state index in [1.165, 1.54) is 5.19 Å². The van der Waals surface area contributed by atoms with E-state index in [0.717, 1.165) is 106 Å². The van der Waals surface area contributed by atoms with Gasteiger partial charge in [-0.3, -0.25) is 0 Å². The molecule has 0 fully saturated rings. The second-order valence-electron chi connectivity index (χ2n) is 21.4. The number of furan rings is 1. The molecule has 0 aliphatic carbocycles. The number of hydrogen-bond donors (Lipinski definition) is 0. The molecule has 7 aromatic carbocycles. The Balaban J connectivity index is 1.31. The molecular formula is C61H55F2N3OSi+2. The third-order valence-corrected chi connectivity index (χ3v) is 16.7. The van der Waals surface area contributed by atoms with Crippen molar-refractivity contribution < 1.29 is 23.7 Å². The maximum Gasteiger partial charge on any atom is 0.364 e. The molecule has 5 heterocycles. The van der Waals surface area contributed by atoms with Gasteiger partial charge < -0.3 is 4.42 Å². The fraction of sp³-hybridized carbons (Fsp3) is 0.213. The van der Waals surface area contributed by atoms with Gasteiger partial charge in [-0.15, -0.1) is 9.13 Å². The summed E-state index contributed by atoms with van der Waals surface area (Å²) in [6, 6.07) is 47.9. The Morgan fingerprint density at radius 1 is 0.706 bits per heavy atom. The molecule has 4 nitrogen and oxygen atoms in total. The number of hydrogen-bond acceptors (Lipinski definition) is 1. The van der Waals surface area contributed by atoms with Crippen molar-refractivity contribution in [2.45, 2.75) is 85.1 Å². The fourth-order valence-corrected chi connectivity index (χ4v) is 13.3. The Hall–Kier alpha value is -6.96. The quantitative estimate of drug-likeness (QED) is 0.125. The molecular weight excluding hydrogens is 857 g/mol. The fourth-order valence-electron chi connectivity index (χ4n) is 11.7. The van der Waals surface area contributed by atoms with Crippen LogP contribution < -0.4 is 14.3 Å². The molecule has 0 N–H and O–H groups in total. The lowest BCUT2D eigenvalue weighted by atomic mass is 9.83. The number of pyridine rings is 1. The molecule has 0 saturated heterocycles. The number of rotatable bonds is 5. The van der Waals surface area contributed by atoms with Crippen molar-refractivity contribution in [1.82, 2.24) is 4.57 Å². The van der Waals surface area contributed by atoms with E-state index < -0.39 is 19.6 Å². The average molecular weight is 913 g/mol. The van der Waals surface area contributed by atoms with E-state index in [4.69, 9.17) is 4.42 Å². The van der Waals surface area contributed by atoms with Crippen LogP contribution in [0.4, 0.5) is 8.78 Å². The topological polar surface area (TPSA) is 25.8 Å². The number of para-hydroxylation sites is 1. The largest absolute Gasteiger partial charge is 0.455 e. The normalized spacial score (nSPS) is 15.6. The molecule has 1 atom stereocenters. The van der Waals surface area contributed by atoms with Gasteiger partial charge in [-0.25, -0.2) is 8.78 Å². The lowest BCUT2D eigenvalue weighted by Crippen LogP contribution is -2.72. The van der Waals surface area contributed by atoms with Crippen molar-refractivity contribution in [3.8, 4) is 50.6 Å². The summed E-state index contributed by atoms with van der Waals surface area (Å²) in [6.07, 6.45) is 2.37. The molecule has 2 aliphatic rings. The Morgan fingerprint density at radius 2 is 1.41 bits per heavy atom. The van der Waals surface area contributed by atoms with Gasteiger partial charge in [0.15, 0.2) is 22.8 Å². The van der Waals surface area contributed by atoms with Crippen LogP contribution in [0.1, 0.15) is 75.3 Å². The van der Waals surface area contributed by atoms with Gasteiger partial charge in [0.2, 0.25) is 5.69 Å². The molecule has 0 radical (unpaired) electrons. The van der Waals surface area contributed by atoms with Crippen molar-refractivity contribution in [2.24, 2.45) is 0 Å². The van der Waals surface area contributed by atoms with Gasteiger partial charge in [0.1, 0.15) is 28.5 Å². The molecule has 1 spiro atoms.